The lowest BCUT2D eigenvalue weighted by molar-refractivity contribution is 0.628. The number of nitrogens with one attached hydrogen (secondary N) is 1. The molecule has 0 amide bonds. The van der Waals surface area contributed by atoms with Crippen LogP contribution in [-0.2, 0) is 0 Å². The second-order valence-electron chi connectivity index (χ2n) is 4.75. The van der Waals surface area contributed by atoms with Gasteiger partial charge in [0.15, 0.2) is 0 Å². The Kier molecular flexibility index (Phi) is 8.42. The molecule has 0 aromatic carbocycles. The summed E-state index contributed by atoms with van der Waals surface area (Å²) in [6, 6.07) is 0.299. The monoisotopic (exact) mass is 262 g/mol. The van der Waals surface area contributed by atoms with Crippen molar-refractivity contribution in [3.8, 4) is 0 Å². The van der Waals surface area contributed by atoms with Crippen molar-refractivity contribution in [1.29, 1.82) is 0 Å². The van der Waals surface area contributed by atoms with Gasteiger partial charge in [-0.1, -0.05) is 32.2 Å². The molecule has 1 atom stereocenters. The highest BCUT2D eigenvalue weighted by atomic mass is 32.2. The lowest BCUT2D eigenvalue weighted by atomic mass is 10.1. The van der Waals surface area contributed by atoms with E-state index in [1.165, 1.54) is 0 Å². The van der Waals surface area contributed by atoms with Gasteiger partial charge in [-0.15, -0.1) is 11.8 Å². The van der Waals surface area contributed by atoms with E-state index >= 15 is 0 Å². The molecule has 16 heavy (non-hydrogen) atoms. The summed E-state index contributed by atoms with van der Waals surface area (Å²) in [4.78, 5) is 0. The molecule has 0 bridgehead atoms. The van der Waals surface area contributed by atoms with Crippen molar-refractivity contribution in [2.45, 2.75) is 58.2 Å². The lowest BCUT2D eigenvalue weighted by Crippen LogP contribution is -2.32. The van der Waals surface area contributed by atoms with E-state index in [2.05, 4.69) is 44.7 Å². The largest absolute Gasteiger partial charge is 0.400 e. The number of nitrogens with two attached hydrogens (primary N) is 1. The molecule has 0 aromatic heterocycles. The highest BCUT2D eigenvalue weighted by Crippen LogP contribution is 2.22. The molecule has 0 heterocycles. The first-order chi connectivity index (χ1) is 7.40. The van der Waals surface area contributed by atoms with Crippen LogP contribution in [0.15, 0.2) is 11.1 Å². The van der Waals surface area contributed by atoms with Gasteiger partial charge in [-0.2, -0.15) is 0 Å². The van der Waals surface area contributed by atoms with Crippen molar-refractivity contribution < 1.29 is 0 Å². The van der Waals surface area contributed by atoms with E-state index in [1.54, 1.807) is 23.7 Å². The molecule has 0 radical (unpaired) electrons. The predicted octanol–water partition coefficient (Wildman–Crippen LogP) is 3.74. The zero-order valence-corrected chi connectivity index (χ0v) is 12.8. The summed E-state index contributed by atoms with van der Waals surface area (Å²) in [7, 11) is 0. The molecule has 3 N–H and O–H groups in total. The summed E-state index contributed by atoms with van der Waals surface area (Å²) in [5, 5.41) is 2.08. The minimum absolute atomic E-state index is 0.226. The summed E-state index contributed by atoms with van der Waals surface area (Å²) >= 11 is 3.53. The van der Waals surface area contributed by atoms with Crippen LogP contribution in [0.5, 0.6) is 0 Å². The van der Waals surface area contributed by atoms with E-state index in [0.29, 0.717) is 6.04 Å². The molecule has 0 saturated carbocycles. The van der Waals surface area contributed by atoms with Crippen molar-refractivity contribution in [1.82, 2.24) is 4.72 Å². The van der Waals surface area contributed by atoms with Crippen LogP contribution < -0.4 is 10.5 Å². The fourth-order valence-corrected chi connectivity index (χ4v) is 2.37. The van der Waals surface area contributed by atoms with E-state index in [9.17, 15) is 0 Å². The van der Waals surface area contributed by atoms with Gasteiger partial charge in [-0.25, -0.2) is 0 Å². The maximum atomic E-state index is 6.08. The standard InChI is InChI=1S/C12H26N2S2/c1-6-8-11(10(13)9-15-7-2)14-16-12(3,4)5/h9,11,14H,6-8,13H2,1-5H3/b10-9-. The molecule has 0 aliphatic heterocycles. The summed E-state index contributed by atoms with van der Waals surface area (Å²) < 4.78 is 3.71. The van der Waals surface area contributed by atoms with Gasteiger partial charge in [0.2, 0.25) is 0 Å². The van der Waals surface area contributed by atoms with Crippen molar-refractivity contribution >= 4 is 23.7 Å². The number of rotatable bonds is 7. The van der Waals surface area contributed by atoms with Gasteiger partial charge in [0.25, 0.3) is 0 Å². The van der Waals surface area contributed by atoms with E-state index in [4.69, 9.17) is 5.73 Å². The summed E-state index contributed by atoms with van der Waals surface area (Å²) in [6.45, 7) is 10.9. The zero-order chi connectivity index (χ0) is 12.6. The number of hydrogen-bond donors (Lipinski definition) is 2. The molecule has 4 heteroatoms. The van der Waals surface area contributed by atoms with Crippen LogP contribution in [0.25, 0.3) is 0 Å². The van der Waals surface area contributed by atoms with Crippen LogP contribution in [-0.4, -0.2) is 16.5 Å². The predicted molar refractivity (Wildman–Crippen MR) is 79.6 cm³/mol. The van der Waals surface area contributed by atoms with Gasteiger partial charge in [-0.3, -0.25) is 4.72 Å². The highest BCUT2D eigenvalue weighted by molar-refractivity contribution is 8.02. The summed E-state index contributed by atoms with van der Waals surface area (Å²) in [5.74, 6) is 1.08. The molecular weight excluding hydrogens is 236 g/mol. The second kappa shape index (κ2) is 8.31. The van der Waals surface area contributed by atoms with Crippen LogP contribution in [0.4, 0.5) is 0 Å². The molecule has 0 rings (SSSR count). The van der Waals surface area contributed by atoms with E-state index in [-0.39, 0.29) is 4.75 Å². The Labute approximate surface area is 109 Å². The Hall–Kier alpha value is 0.200. The molecule has 0 fully saturated rings. The van der Waals surface area contributed by atoms with Crippen LogP contribution in [0, 0.1) is 0 Å². The van der Waals surface area contributed by atoms with Gasteiger partial charge < -0.3 is 5.73 Å². The minimum atomic E-state index is 0.226. The molecule has 2 nitrogen and oxygen atoms in total. The van der Waals surface area contributed by atoms with Crippen molar-refractivity contribution in [2.24, 2.45) is 5.73 Å². The first-order valence-electron chi connectivity index (χ1n) is 5.91. The van der Waals surface area contributed by atoms with Crippen molar-refractivity contribution in [3.05, 3.63) is 11.1 Å². The Morgan fingerprint density at radius 2 is 2.00 bits per heavy atom. The fourth-order valence-electron chi connectivity index (χ4n) is 1.09. The molecule has 1 unspecified atom stereocenters. The molecule has 0 saturated heterocycles. The third-order valence-corrected chi connectivity index (χ3v) is 3.66. The zero-order valence-electron chi connectivity index (χ0n) is 11.2. The normalized spacial score (nSPS) is 15.2. The summed E-state index contributed by atoms with van der Waals surface area (Å²) in [6.07, 6.45) is 2.24. The van der Waals surface area contributed by atoms with Crippen LogP contribution >= 0.6 is 23.7 Å². The summed E-state index contributed by atoms with van der Waals surface area (Å²) in [5.41, 5.74) is 7.05. The molecule has 0 aromatic rings. The maximum Gasteiger partial charge on any atom is 0.0571 e. The molecule has 0 spiro atoms. The third kappa shape index (κ3) is 8.36. The Morgan fingerprint density at radius 3 is 2.44 bits per heavy atom. The quantitative estimate of drug-likeness (QED) is 0.685. The second-order valence-corrected chi connectivity index (χ2v) is 7.56. The SMILES string of the molecule is CCCC(NSC(C)(C)C)/C(N)=C/SCC. The van der Waals surface area contributed by atoms with Gasteiger partial charge in [0.1, 0.15) is 0 Å². The van der Waals surface area contributed by atoms with Crippen LogP contribution in [0.2, 0.25) is 0 Å². The number of hydrogen-bond acceptors (Lipinski definition) is 4. The Morgan fingerprint density at radius 1 is 1.38 bits per heavy atom. The van der Waals surface area contributed by atoms with E-state index in [1.807, 2.05) is 0 Å². The maximum absolute atomic E-state index is 6.08. The average Bonchev–Trinajstić information content (AvgIpc) is 2.19. The third-order valence-electron chi connectivity index (χ3n) is 1.87. The average molecular weight is 262 g/mol. The molecule has 96 valence electrons. The van der Waals surface area contributed by atoms with Crippen molar-refractivity contribution in [3.63, 3.8) is 0 Å². The Bertz CT molecular complexity index is 210. The number of thioether (sulfide) groups is 1. The van der Waals surface area contributed by atoms with Gasteiger partial charge >= 0.3 is 0 Å². The van der Waals surface area contributed by atoms with Gasteiger partial charge in [0.05, 0.1) is 6.04 Å². The van der Waals surface area contributed by atoms with E-state index < -0.39 is 0 Å². The van der Waals surface area contributed by atoms with Gasteiger partial charge in [0, 0.05) is 10.4 Å². The molecule has 0 aliphatic carbocycles. The van der Waals surface area contributed by atoms with E-state index in [0.717, 1.165) is 24.3 Å². The fraction of sp³-hybridized carbons (Fsp3) is 0.833. The lowest BCUT2D eigenvalue weighted by Gasteiger charge is -2.24. The molecular formula is C12H26N2S2. The van der Waals surface area contributed by atoms with Gasteiger partial charge in [-0.05, 0) is 38.4 Å². The topological polar surface area (TPSA) is 38.0 Å². The van der Waals surface area contributed by atoms with Crippen LogP contribution in [0.3, 0.4) is 0 Å². The minimum Gasteiger partial charge on any atom is -0.400 e. The van der Waals surface area contributed by atoms with Crippen LogP contribution in [0.1, 0.15) is 47.5 Å². The first-order valence-corrected chi connectivity index (χ1v) is 7.78. The molecule has 0 aliphatic rings. The highest BCUT2D eigenvalue weighted by Gasteiger charge is 2.16. The Balaban J connectivity index is 4.25. The first kappa shape index (κ1) is 16.2. The smallest absolute Gasteiger partial charge is 0.0571 e. The van der Waals surface area contributed by atoms with Crippen molar-refractivity contribution in [2.75, 3.05) is 5.75 Å².